The van der Waals surface area contributed by atoms with E-state index in [-0.39, 0.29) is 0 Å². The van der Waals surface area contributed by atoms with Crippen LogP contribution in [-0.2, 0) is 6.54 Å². The van der Waals surface area contributed by atoms with Gasteiger partial charge < -0.3 is 4.74 Å². The third-order valence-electron chi connectivity index (χ3n) is 1.93. The quantitative estimate of drug-likeness (QED) is 0.379. The Labute approximate surface area is 106 Å². The minimum atomic E-state index is 0.494. The van der Waals surface area contributed by atoms with Crippen molar-refractivity contribution in [3.63, 3.8) is 0 Å². The van der Waals surface area contributed by atoms with E-state index in [2.05, 4.69) is 21.4 Å². The average Bonchev–Trinajstić information content (AvgIpc) is 2.39. The lowest BCUT2D eigenvalue weighted by Crippen LogP contribution is -2.09. The van der Waals surface area contributed by atoms with E-state index >= 15 is 0 Å². The van der Waals surface area contributed by atoms with Crippen LogP contribution < -0.4 is 9.57 Å². The summed E-state index contributed by atoms with van der Waals surface area (Å²) in [5.41, 5.74) is 0.974. The van der Waals surface area contributed by atoms with Crippen molar-refractivity contribution >= 4 is 17.6 Å². The molecule has 0 bridgehead atoms. The molecule has 1 aromatic rings. The summed E-state index contributed by atoms with van der Waals surface area (Å²) in [7, 11) is 1.58. The SMILES string of the molecule is C=C/C=C\C(=NCc1ccc(OC)nc1)NCl. The fraction of sp³-hybridized carbons (Fsp3) is 0.167. The van der Waals surface area contributed by atoms with Crippen molar-refractivity contribution in [3.05, 3.63) is 48.7 Å². The van der Waals surface area contributed by atoms with Crippen molar-refractivity contribution in [1.82, 2.24) is 9.82 Å². The standard InChI is InChI=1S/C12H14ClN3O/c1-3-4-5-11(16-13)14-8-10-6-7-12(17-2)15-9-10/h3-7,9H,1,8H2,2H3,(H,14,16)/b5-4-. The zero-order chi connectivity index (χ0) is 12.5. The molecule has 0 unspecified atom stereocenters. The van der Waals surface area contributed by atoms with E-state index in [1.807, 2.05) is 6.07 Å². The molecule has 17 heavy (non-hydrogen) atoms. The molecule has 0 radical (unpaired) electrons. The highest BCUT2D eigenvalue weighted by Gasteiger charge is 1.95. The molecule has 5 heteroatoms. The van der Waals surface area contributed by atoms with Crippen molar-refractivity contribution in [1.29, 1.82) is 0 Å². The molecule has 0 atom stereocenters. The van der Waals surface area contributed by atoms with Crippen LogP contribution in [-0.4, -0.2) is 17.9 Å². The molecule has 4 nitrogen and oxygen atoms in total. The van der Waals surface area contributed by atoms with E-state index in [4.69, 9.17) is 16.5 Å². The van der Waals surface area contributed by atoms with Crippen LogP contribution in [0, 0.1) is 0 Å². The van der Waals surface area contributed by atoms with Crippen molar-refractivity contribution in [2.24, 2.45) is 4.99 Å². The number of halogens is 1. The monoisotopic (exact) mass is 251 g/mol. The van der Waals surface area contributed by atoms with Gasteiger partial charge in [-0.1, -0.05) is 24.8 Å². The lowest BCUT2D eigenvalue weighted by Gasteiger charge is -2.01. The molecule has 0 saturated carbocycles. The van der Waals surface area contributed by atoms with Gasteiger partial charge in [0.15, 0.2) is 0 Å². The van der Waals surface area contributed by atoms with Crippen molar-refractivity contribution in [3.8, 4) is 5.88 Å². The second-order valence-corrected chi connectivity index (χ2v) is 3.29. The van der Waals surface area contributed by atoms with Gasteiger partial charge in [0.1, 0.15) is 5.84 Å². The predicted octanol–water partition coefficient (Wildman–Crippen LogP) is 2.47. The van der Waals surface area contributed by atoms with Crippen LogP contribution >= 0.6 is 11.8 Å². The fourth-order valence-electron chi connectivity index (χ4n) is 1.07. The molecule has 0 spiro atoms. The number of amidine groups is 1. The van der Waals surface area contributed by atoms with Crippen LogP contribution in [0.25, 0.3) is 0 Å². The molecule has 0 aromatic carbocycles. The minimum absolute atomic E-state index is 0.494. The second-order valence-electron chi connectivity index (χ2n) is 3.10. The number of methoxy groups -OCH3 is 1. The first-order valence-corrected chi connectivity index (χ1v) is 5.37. The van der Waals surface area contributed by atoms with Crippen LogP contribution in [0.4, 0.5) is 0 Å². The van der Waals surface area contributed by atoms with Gasteiger partial charge in [0, 0.05) is 24.0 Å². The number of hydrogen-bond donors (Lipinski definition) is 1. The van der Waals surface area contributed by atoms with E-state index in [1.54, 1.807) is 37.6 Å². The van der Waals surface area contributed by atoms with Gasteiger partial charge in [-0.3, -0.25) is 9.83 Å². The number of aromatic nitrogens is 1. The number of pyridine rings is 1. The summed E-state index contributed by atoms with van der Waals surface area (Å²) < 4.78 is 4.97. The first-order valence-electron chi connectivity index (χ1n) is 4.99. The molecule has 0 aliphatic carbocycles. The Morgan fingerprint density at radius 3 is 3.00 bits per heavy atom. The van der Waals surface area contributed by atoms with E-state index in [9.17, 15) is 0 Å². The summed E-state index contributed by atoms with van der Waals surface area (Å²) in [4.78, 5) is 10.8. The fourth-order valence-corrected chi connectivity index (χ4v) is 1.20. The molecule has 1 rings (SSSR count). The molecule has 0 aliphatic rings. The van der Waals surface area contributed by atoms with Gasteiger partial charge in [-0.05, 0) is 11.6 Å². The molecule has 90 valence electrons. The second kappa shape index (κ2) is 7.46. The van der Waals surface area contributed by atoms with Gasteiger partial charge in [0.05, 0.1) is 13.7 Å². The van der Waals surface area contributed by atoms with Gasteiger partial charge in [-0.15, -0.1) is 0 Å². The normalized spacial score (nSPS) is 11.5. The summed E-state index contributed by atoms with van der Waals surface area (Å²) in [6.07, 6.45) is 6.85. The van der Waals surface area contributed by atoms with E-state index in [0.717, 1.165) is 5.56 Å². The van der Waals surface area contributed by atoms with Crippen molar-refractivity contribution < 1.29 is 4.74 Å². The average molecular weight is 252 g/mol. The van der Waals surface area contributed by atoms with Gasteiger partial charge >= 0.3 is 0 Å². The molecule has 1 N–H and O–H groups in total. The third-order valence-corrected chi connectivity index (χ3v) is 2.12. The largest absolute Gasteiger partial charge is 0.481 e. The van der Waals surface area contributed by atoms with Crippen LogP contribution in [0.2, 0.25) is 0 Å². The maximum Gasteiger partial charge on any atom is 0.212 e. The smallest absolute Gasteiger partial charge is 0.212 e. The molecule has 1 heterocycles. The number of nitrogens with one attached hydrogen (secondary N) is 1. The van der Waals surface area contributed by atoms with E-state index in [1.165, 1.54) is 0 Å². The number of ether oxygens (including phenoxy) is 1. The minimum Gasteiger partial charge on any atom is -0.481 e. The summed E-state index contributed by atoms with van der Waals surface area (Å²) in [5.74, 6) is 1.15. The summed E-state index contributed by atoms with van der Waals surface area (Å²) >= 11 is 5.52. The Morgan fingerprint density at radius 1 is 1.65 bits per heavy atom. The number of rotatable bonds is 5. The van der Waals surface area contributed by atoms with Crippen LogP contribution in [0.1, 0.15) is 5.56 Å². The lowest BCUT2D eigenvalue weighted by molar-refractivity contribution is 0.397. The summed E-state index contributed by atoms with van der Waals surface area (Å²) in [5, 5.41) is 0. The van der Waals surface area contributed by atoms with Crippen LogP contribution in [0.3, 0.4) is 0 Å². The topological polar surface area (TPSA) is 46.5 Å². The lowest BCUT2D eigenvalue weighted by atomic mass is 10.3. The van der Waals surface area contributed by atoms with Crippen molar-refractivity contribution in [2.75, 3.05) is 7.11 Å². The summed E-state index contributed by atoms with van der Waals surface area (Å²) in [6.45, 7) is 4.06. The Morgan fingerprint density at radius 2 is 2.47 bits per heavy atom. The number of aliphatic imine (C=N–C) groups is 1. The maximum atomic E-state index is 5.52. The highest BCUT2D eigenvalue weighted by atomic mass is 35.5. The molecule has 0 aliphatic heterocycles. The number of nitrogens with zero attached hydrogens (tertiary/aromatic N) is 2. The number of allylic oxidation sites excluding steroid dienone is 2. The first kappa shape index (κ1) is 13.3. The molecule has 0 amide bonds. The molecule has 0 fully saturated rings. The Kier molecular flexibility index (Phi) is 5.82. The zero-order valence-corrected chi connectivity index (χ0v) is 10.3. The van der Waals surface area contributed by atoms with Crippen LogP contribution in [0.5, 0.6) is 5.88 Å². The molecular formula is C12H14ClN3O. The number of hydrogen-bond acceptors (Lipinski definition) is 3. The maximum absolute atomic E-state index is 5.52. The van der Waals surface area contributed by atoms with Gasteiger partial charge in [0.2, 0.25) is 5.88 Å². The zero-order valence-electron chi connectivity index (χ0n) is 9.56. The third kappa shape index (κ3) is 4.70. The molecular weight excluding hydrogens is 238 g/mol. The Hall–Kier alpha value is -1.81. The van der Waals surface area contributed by atoms with E-state index in [0.29, 0.717) is 18.3 Å². The predicted molar refractivity (Wildman–Crippen MR) is 70.3 cm³/mol. The molecule has 0 saturated heterocycles. The highest BCUT2D eigenvalue weighted by molar-refractivity contribution is 6.24. The van der Waals surface area contributed by atoms with E-state index < -0.39 is 0 Å². The Bertz CT molecular complexity index is 412. The van der Waals surface area contributed by atoms with Crippen molar-refractivity contribution in [2.45, 2.75) is 6.54 Å². The highest BCUT2D eigenvalue weighted by Crippen LogP contribution is 2.07. The Balaban J connectivity index is 2.66. The first-order chi connectivity index (χ1) is 8.30. The van der Waals surface area contributed by atoms with Gasteiger partial charge in [-0.2, -0.15) is 0 Å². The van der Waals surface area contributed by atoms with Crippen LogP contribution in [0.15, 0.2) is 48.1 Å². The summed E-state index contributed by atoms with van der Waals surface area (Å²) in [6, 6.07) is 3.69. The van der Waals surface area contributed by atoms with Gasteiger partial charge in [-0.25, -0.2) is 4.98 Å². The van der Waals surface area contributed by atoms with Gasteiger partial charge in [0.25, 0.3) is 0 Å². The molecule has 1 aromatic heterocycles.